The number of hydrogen-bond acceptors (Lipinski definition) is 2. The molecule has 1 aromatic carbocycles. The van der Waals surface area contributed by atoms with Crippen molar-refractivity contribution in [1.82, 2.24) is 0 Å². The van der Waals surface area contributed by atoms with Crippen molar-refractivity contribution < 1.29 is 18.7 Å². The van der Waals surface area contributed by atoms with Crippen molar-refractivity contribution in [2.75, 3.05) is 0 Å². The Morgan fingerprint density at radius 2 is 2.00 bits per heavy atom. The number of rotatable bonds is 3. The molecular weight excluding hydrogens is 278 g/mol. The number of halogens is 3. The molecule has 0 amide bonds. The largest absolute Gasteiger partial charge is 0.476 e. The van der Waals surface area contributed by atoms with Crippen LogP contribution in [0.5, 0.6) is 0 Å². The molecule has 0 spiro atoms. The maximum absolute atomic E-state index is 12.8. The number of carboxylic acids is 1. The second kappa shape index (κ2) is 4.27. The maximum atomic E-state index is 12.8. The van der Waals surface area contributed by atoms with Gasteiger partial charge in [0.15, 0.2) is 0 Å². The normalized spacial score (nSPS) is 11.4. The topological polar surface area (TPSA) is 37.3 Å². The van der Waals surface area contributed by atoms with Crippen LogP contribution in [0.3, 0.4) is 0 Å². The van der Waals surface area contributed by atoms with Crippen molar-refractivity contribution in [1.29, 1.82) is 0 Å². The van der Waals surface area contributed by atoms with Gasteiger partial charge in [-0.15, -0.1) is 0 Å². The van der Waals surface area contributed by atoms with E-state index in [0.29, 0.717) is 4.47 Å². The molecule has 0 aromatic heterocycles. The highest BCUT2D eigenvalue weighted by Gasteiger charge is 2.40. The Hall–Kier alpha value is -0.620. The van der Waals surface area contributed by atoms with Gasteiger partial charge < -0.3 is 5.11 Å². The van der Waals surface area contributed by atoms with Gasteiger partial charge in [-0.05, 0) is 39.8 Å². The lowest BCUT2D eigenvalue weighted by Gasteiger charge is -2.10. The molecular formula is C8H5BrF2O2S. The predicted octanol–water partition coefficient (Wildman–Crippen LogP) is 3.22. The molecule has 0 saturated carbocycles. The van der Waals surface area contributed by atoms with Crippen LogP contribution in [-0.4, -0.2) is 16.3 Å². The van der Waals surface area contributed by atoms with Gasteiger partial charge in [-0.1, -0.05) is 12.1 Å². The van der Waals surface area contributed by atoms with Gasteiger partial charge in [-0.25, -0.2) is 4.79 Å². The van der Waals surface area contributed by atoms with Gasteiger partial charge in [0.1, 0.15) is 0 Å². The van der Waals surface area contributed by atoms with Gasteiger partial charge in [0.25, 0.3) is 0 Å². The number of carbonyl (C=O) groups is 1. The van der Waals surface area contributed by atoms with Crippen molar-refractivity contribution in [2.45, 2.75) is 10.2 Å². The van der Waals surface area contributed by atoms with Gasteiger partial charge in [0, 0.05) is 9.37 Å². The Labute approximate surface area is 91.4 Å². The summed E-state index contributed by atoms with van der Waals surface area (Å²) in [5.74, 6) is -2.14. The summed E-state index contributed by atoms with van der Waals surface area (Å²) in [6, 6.07) is 6.21. The van der Waals surface area contributed by atoms with E-state index in [2.05, 4.69) is 15.9 Å². The summed E-state index contributed by atoms with van der Waals surface area (Å²) in [6.07, 6.45) is 0. The Kier molecular flexibility index (Phi) is 3.49. The molecule has 0 heterocycles. The van der Waals surface area contributed by atoms with Gasteiger partial charge in [-0.2, -0.15) is 8.78 Å². The fourth-order valence-electron chi connectivity index (χ4n) is 0.709. The van der Waals surface area contributed by atoms with Crippen molar-refractivity contribution >= 4 is 33.7 Å². The number of hydrogen-bond donors (Lipinski definition) is 1. The van der Waals surface area contributed by atoms with Crippen LogP contribution in [0.15, 0.2) is 33.6 Å². The zero-order valence-corrected chi connectivity index (χ0v) is 9.11. The smallest absolute Gasteiger partial charge is 0.393 e. The molecule has 2 nitrogen and oxygen atoms in total. The molecule has 1 N–H and O–H groups in total. The molecule has 0 aliphatic heterocycles. The van der Waals surface area contributed by atoms with Crippen LogP contribution in [0.1, 0.15) is 0 Å². The third-order valence-corrected chi connectivity index (χ3v) is 3.28. The minimum absolute atomic E-state index is 0.000856. The summed E-state index contributed by atoms with van der Waals surface area (Å²) in [7, 11) is 0. The lowest BCUT2D eigenvalue weighted by Crippen LogP contribution is -2.23. The number of benzene rings is 1. The van der Waals surface area contributed by atoms with Crippen LogP contribution in [0.4, 0.5) is 8.78 Å². The molecule has 0 saturated heterocycles. The highest BCUT2D eigenvalue weighted by molar-refractivity contribution is 9.10. The standard InChI is InChI=1S/C8H5BrF2O2S/c9-5-3-1-2-4-6(5)14-8(10,11)7(12)13/h1-4H,(H,12,13). The summed E-state index contributed by atoms with van der Waals surface area (Å²) in [6.45, 7) is 0. The van der Waals surface area contributed by atoms with E-state index in [9.17, 15) is 13.6 Å². The average Bonchev–Trinajstić information content (AvgIpc) is 2.08. The van der Waals surface area contributed by atoms with E-state index < -0.39 is 11.2 Å². The predicted molar refractivity (Wildman–Crippen MR) is 52.6 cm³/mol. The van der Waals surface area contributed by atoms with Crippen molar-refractivity contribution in [3.63, 3.8) is 0 Å². The van der Waals surface area contributed by atoms with E-state index >= 15 is 0 Å². The van der Waals surface area contributed by atoms with Crippen LogP contribution in [0.2, 0.25) is 0 Å². The summed E-state index contributed by atoms with van der Waals surface area (Å²) < 4.78 is 26.0. The minimum atomic E-state index is -3.80. The average molecular weight is 283 g/mol. The van der Waals surface area contributed by atoms with E-state index in [1.54, 1.807) is 18.2 Å². The van der Waals surface area contributed by atoms with Crippen LogP contribution >= 0.6 is 27.7 Å². The Balaban J connectivity index is 2.89. The Morgan fingerprint density at radius 3 is 2.50 bits per heavy atom. The Morgan fingerprint density at radius 1 is 1.43 bits per heavy atom. The van der Waals surface area contributed by atoms with Crippen molar-refractivity contribution in [3.8, 4) is 0 Å². The minimum Gasteiger partial charge on any atom is -0.476 e. The second-order valence-electron chi connectivity index (χ2n) is 2.35. The SMILES string of the molecule is O=C(O)C(F)(F)Sc1ccccc1Br. The van der Waals surface area contributed by atoms with Crippen LogP contribution < -0.4 is 0 Å². The van der Waals surface area contributed by atoms with Gasteiger partial charge in [-0.3, -0.25) is 0 Å². The fourth-order valence-corrected chi connectivity index (χ4v) is 1.91. The first-order chi connectivity index (χ1) is 6.43. The number of carboxylic acid groups (broad SMARTS) is 1. The van der Waals surface area contributed by atoms with E-state index in [0.717, 1.165) is 0 Å². The molecule has 14 heavy (non-hydrogen) atoms. The van der Waals surface area contributed by atoms with Gasteiger partial charge in [0.05, 0.1) is 0 Å². The summed E-state index contributed by atoms with van der Waals surface area (Å²) in [5.41, 5.74) is 0. The molecule has 0 radical (unpaired) electrons. The van der Waals surface area contributed by atoms with E-state index in [4.69, 9.17) is 5.11 Å². The molecule has 0 atom stereocenters. The quantitative estimate of drug-likeness (QED) is 0.865. The molecule has 0 fully saturated rings. The number of alkyl halides is 2. The summed E-state index contributed by atoms with van der Waals surface area (Å²) in [5, 5.41) is 4.41. The molecule has 76 valence electrons. The first-order valence-electron chi connectivity index (χ1n) is 3.48. The molecule has 0 unspecified atom stereocenters. The Bertz CT molecular complexity index is 357. The first kappa shape index (κ1) is 11.5. The van der Waals surface area contributed by atoms with E-state index in [1.165, 1.54) is 6.07 Å². The lowest BCUT2D eigenvalue weighted by molar-refractivity contribution is -0.152. The summed E-state index contributed by atoms with van der Waals surface area (Å²) in [4.78, 5) is 10.3. The first-order valence-corrected chi connectivity index (χ1v) is 5.09. The van der Waals surface area contributed by atoms with Gasteiger partial charge >= 0.3 is 11.2 Å². The zero-order valence-electron chi connectivity index (χ0n) is 6.71. The second-order valence-corrected chi connectivity index (χ2v) is 4.37. The molecule has 1 aromatic rings. The number of aliphatic carboxylic acids is 1. The zero-order chi connectivity index (χ0) is 10.8. The monoisotopic (exact) mass is 282 g/mol. The van der Waals surface area contributed by atoms with Crippen LogP contribution in [0.25, 0.3) is 0 Å². The highest BCUT2D eigenvalue weighted by Crippen LogP contribution is 2.39. The van der Waals surface area contributed by atoms with Crippen LogP contribution in [-0.2, 0) is 4.79 Å². The third-order valence-electron chi connectivity index (χ3n) is 1.32. The fraction of sp³-hybridized carbons (Fsp3) is 0.125. The van der Waals surface area contributed by atoms with E-state index in [-0.39, 0.29) is 16.7 Å². The molecule has 0 aliphatic carbocycles. The highest BCUT2D eigenvalue weighted by atomic mass is 79.9. The van der Waals surface area contributed by atoms with E-state index in [1.807, 2.05) is 0 Å². The van der Waals surface area contributed by atoms with Crippen molar-refractivity contribution in [2.24, 2.45) is 0 Å². The van der Waals surface area contributed by atoms with Gasteiger partial charge in [0.2, 0.25) is 0 Å². The molecule has 6 heteroatoms. The third kappa shape index (κ3) is 2.68. The molecule has 1 rings (SSSR count). The van der Waals surface area contributed by atoms with Crippen molar-refractivity contribution in [3.05, 3.63) is 28.7 Å². The summed E-state index contributed by atoms with van der Waals surface area (Å²) >= 11 is 3.05. The molecule has 0 aliphatic rings. The molecule has 0 bridgehead atoms. The van der Waals surface area contributed by atoms with Crippen LogP contribution in [0, 0.1) is 0 Å². The maximum Gasteiger partial charge on any atom is 0.393 e. The lowest BCUT2D eigenvalue weighted by atomic mass is 10.4. The number of thioether (sulfide) groups is 1.